The predicted octanol–water partition coefficient (Wildman–Crippen LogP) is 4.05. The maximum atomic E-state index is 13.1. The number of epoxide rings is 1. The highest BCUT2D eigenvalue weighted by molar-refractivity contribution is 6.07. The van der Waals surface area contributed by atoms with Crippen LogP contribution in [0.1, 0.15) is 58.6 Å². The van der Waals surface area contributed by atoms with E-state index >= 15 is 0 Å². The Morgan fingerprint density at radius 3 is 2.52 bits per heavy atom. The van der Waals surface area contributed by atoms with Gasteiger partial charge in [-0.05, 0) is 36.8 Å². The van der Waals surface area contributed by atoms with Crippen LogP contribution < -0.4 is 0 Å². The van der Waals surface area contributed by atoms with Gasteiger partial charge < -0.3 is 19.8 Å². The molecular formula is C26H30N2O3. The van der Waals surface area contributed by atoms with E-state index in [0.717, 1.165) is 5.56 Å². The third-order valence-electron chi connectivity index (χ3n) is 9.86. The van der Waals surface area contributed by atoms with Crippen molar-refractivity contribution in [3.8, 4) is 0 Å². The molecule has 31 heavy (non-hydrogen) atoms. The number of fused-ring (bicyclic) bond motifs is 2. The molecule has 0 bridgehead atoms. The van der Waals surface area contributed by atoms with Crippen molar-refractivity contribution < 1.29 is 14.9 Å². The minimum Gasteiger partial charge on any atom is -0.378 e. The quantitative estimate of drug-likeness (QED) is 0.411. The van der Waals surface area contributed by atoms with E-state index in [-0.39, 0.29) is 12.0 Å². The van der Waals surface area contributed by atoms with Gasteiger partial charge in [0.1, 0.15) is 6.10 Å². The molecule has 5 heteroatoms. The van der Waals surface area contributed by atoms with Gasteiger partial charge in [-0.1, -0.05) is 45.9 Å². The lowest BCUT2D eigenvalue weighted by molar-refractivity contribution is -0.244. The molecule has 0 aromatic heterocycles. The Bertz CT molecular complexity index is 1150. The minimum atomic E-state index is -1.77. The third-order valence-corrected chi connectivity index (χ3v) is 9.86. The molecule has 5 nitrogen and oxygen atoms in total. The van der Waals surface area contributed by atoms with Gasteiger partial charge in [0.05, 0.1) is 16.8 Å². The number of nitrogens with zero attached hydrogens (tertiary/aromatic N) is 2. The van der Waals surface area contributed by atoms with E-state index in [0.29, 0.717) is 29.8 Å². The summed E-state index contributed by atoms with van der Waals surface area (Å²) in [5.74, 6) is -0.336. The molecule has 162 valence electrons. The Hall–Kier alpha value is -2.00. The second kappa shape index (κ2) is 4.98. The summed E-state index contributed by atoms with van der Waals surface area (Å²) in [4.78, 5) is 9.22. The molecule has 1 saturated heterocycles. The summed E-state index contributed by atoms with van der Waals surface area (Å²) in [5.41, 5.74) is -3.73. The molecule has 2 aliphatic heterocycles. The number of rotatable bonds is 1. The summed E-state index contributed by atoms with van der Waals surface area (Å²) in [7, 11) is 0. The molecule has 2 N–H and O–H groups in total. The van der Waals surface area contributed by atoms with Crippen molar-refractivity contribution in [3.63, 3.8) is 0 Å². The molecule has 2 saturated carbocycles. The predicted molar refractivity (Wildman–Crippen MR) is 118 cm³/mol. The summed E-state index contributed by atoms with van der Waals surface area (Å²) in [6.45, 7) is 23.0. The Morgan fingerprint density at radius 1 is 1.16 bits per heavy atom. The number of aliphatic imine (C=N–C) groups is 1. The summed E-state index contributed by atoms with van der Waals surface area (Å²) in [6, 6.07) is 5.96. The van der Waals surface area contributed by atoms with Crippen LogP contribution in [0.4, 0.5) is 5.69 Å². The second-order valence-corrected chi connectivity index (χ2v) is 11.6. The molecule has 3 aliphatic carbocycles. The fraction of sp³-hybridized carbons (Fsp3) is 0.615. The second-order valence-electron chi connectivity index (χ2n) is 11.6. The smallest absolute Gasteiger partial charge is 0.301 e. The summed E-state index contributed by atoms with van der Waals surface area (Å²) in [5, 5.41) is 25.9. The van der Waals surface area contributed by atoms with Crippen molar-refractivity contribution in [2.75, 3.05) is 0 Å². The Morgan fingerprint density at radius 2 is 1.87 bits per heavy atom. The number of benzene rings is 1. The van der Waals surface area contributed by atoms with Gasteiger partial charge in [0, 0.05) is 16.9 Å². The van der Waals surface area contributed by atoms with Crippen LogP contribution in [0.3, 0.4) is 0 Å². The van der Waals surface area contributed by atoms with Gasteiger partial charge in [-0.3, -0.25) is 4.99 Å². The van der Waals surface area contributed by atoms with Crippen LogP contribution in [-0.2, 0) is 15.8 Å². The highest BCUT2D eigenvalue weighted by atomic mass is 16.6. The first-order chi connectivity index (χ1) is 14.4. The molecule has 6 rings (SSSR count). The van der Waals surface area contributed by atoms with Crippen LogP contribution in [-0.4, -0.2) is 39.3 Å². The number of ether oxygens (including phenoxy) is 1. The summed E-state index contributed by atoms with van der Waals surface area (Å²) >= 11 is 0. The first-order valence-electron chi connectivity index (χ1n) is 11.3. The van der Waals surface area contributed by atoms with Crippen molar-refractivity contribution in [1.82, 2.24) is 0 Å². The van der Waals surface area contributed by atoms with Crippen LogP contribution in [0.15, 0.2) is 35.8 Å². The molecule has 7 atom stereocenters. The van der Waals surface area contributed by atoms with Gasteiger partial charge in [-0.2, -0.15) is 0 Å². The van der Waals surface area contributed by atoms with Crippen LogP contribution in [0.25, 0.3) is 4.85 Å². The molecule has 0 spiro atoms. The lowest BCUT2D eigenvalue weighted by Crippen LogP contribution is -2.81. The van der Waals surface area contributed by atoms with E-state index in [2.05, 4.69) is 31.3 Å². The maximum absolute atomic E-state index is 13.1. The Balaban J connectivity index is 1.84. The largest absolute Gasteiger partial charge is 0.378 e. The van der Waals surface area contributed by atoms with Gasteiger partial charge in [0.25, 0.3) is 0 Å². The number of aliphatic hydroxyl groups is 2. The SMILES string of the molecule is [C-]#[N+][C@]12C3OC3C(C)(C)C3=Nc4cccc5c4[C@]3(O)[C@]1(O)[C@H](CC[C@]2(C)C=C)C5(C)C. The highest BCUT2D eigenvalue weighted by Gasteiger charge is 2.92. The zero-order chi connectivity index (χ0) is 22.4. The zero-order valence-electron chi connectivity index (χ0n) is 18.9. The van der Waals surface area contributed by atoms with Crippen molar-refractivity contribution in [2.45, 2.75) is 81.8 Å². The van der Waals surface area contributed by atoms with Crippen molar-refractivity contribution in [1.29, 1.82) is 0 Å². The van der Waals surface area contributed by atoms with E-state index in [9.17, 15) is 10.2 Å². The average Bonchev–Trinajstić information content (AvgIpc) is 3.46. The normalized spacial score (nSPS) is 49.1. The monoisotopic (exact) mass is 418 g/mol. The van der Waals surface area contributed by atoms with E-state index < -0.39 is 39.1 Å². The lowest BCUT2D eigenvalue weighted by atomic mass is 9.39. The van der Waals surface area contributed by atoms with Crippen LogP contribution in [0.5, 0.6) is 0 Å². The van der Waals surface area contributed by atoms with E-state index in [1.54, 1.807) is 0 Å². The fourth-order valence-electron chi connectivity index (χ4n) is 8.18. The van der Waals surface area contributed by atoms with Gasteiger partial charge in [0.2, 0.25) is 0 Å². The lowest BCUT2D eigenvalue weighted by Gasteiger charge is -2.64. The first kappa shape index (κ1) is 19.7. The average molecular weight is 419 g/mol. The van der Waals surface area contributed by atoms with Crippen molar-refractivity contribution in [3.05, 3.63) is 53.4 Å². The molecule has 2 heterocycles. The van der Waals surface area contributed by atoms with Gasteiger partial charge >= 0.3 is 5.54 Å². The van der Waals surface area contributed by atoms with Gasteiger partial charge in [-0.25, -0.2) is 6.57 Å². The highest BCUT2D eigenvalue weighted by Crippen LogP contribution is 2.75. The van der Waals surface area contributed by atoms with Crippen LogP contribution >= 0.6 is 0 Å². The summed E-state index contributed by atoms with van der Waals surface area (Å²) < 4.78 is 6.28. The first-order valence-corrected chi connectivity index (χ1v) is 11.3. The zero-order valence-corrected chi connectivity index (χ0v) is 18.9. The standard InChI is InChI=1S/C26H30N2O3/c1-8-23(6)13-12-16-21(2,3)14-10-9-11-15-17(14)24(29)20(28-15)22(4,5)18-19(31-18)25(23,27-7)26(16,24)30/h8-11,16,18-19,29-30H,1,12-13H2,2-6H3/t16-,18?,19?,23+,24-,25+,26-/m1/s1. The van der Waals surface area contributed by atoms with Crippen molar-refractivity contribution >= 4 is 11.4 Å². The molecular weight excluding hydrogens is 388 g/mol. The molecule has 0 amide bonds. The van der Waals surface area contributed by atoms with Crippen LogP contribution in [0.2, 0.25) is 0 Å². The van der Waals surface area contributed by atoms with E-state index in [1.807, 2.05) is 39.0 Å². The third kappa shape index (κ3) is 1.59. The molecule has 3 fully saturated rings. The van der Waals surface area contributed by atoms with Gasteiger partial charge in [0.15, 0.2) is 17.3 Å². The molecule has 1 aromatic carbocycles. The topological polar surface area (TPSA) is 69.7 Å². The van der Waals surface area contributed by atoms with Gasteiger partial charge in [-0.15, -0.1) is 6.58 Å². The minimum absolute atomic E-state index is 0.294. The van der Waals surface area contributed by atoms with Crippen LogP contribution in [0, 0.1) is 23.3 Å². The fourth-order valence-corrected chi connectivity index (χ4v) is 8.18. The Labute approximate surface area is 183 Å². The summed E-state index contributed by atoms with van der Waals surface area (Å²) in [6.07, 6.45) is 2.43. The Kier molecular flexibility index (Phi) is 3.16. The molecule has 2 unspecified atom stereocenters. The maximum Gasteiger partial charge on any atom is 0.301 e. The number of hydrogen-bond acceptors (Lipinski definition) is 4. The van der Waals surface area contributed by atoms with E-state index in [1.165, 1.54) is 0 Å². The molecule has 5 aliphatic rings. The van der Waals surface area contributed by atoms with Crippen molar-refractivity contribution in [2.24, 2.45) is 21.7 Å². The van der Waals surface area contributed by atoms with E-state index in [4.69, 9.17) is 16.3 Å². The number of hydrogen-bond donors (Lipinski definition) is 2. The molecule has 0 radical (unpaired) electrons. The molecule has 1 aromatic rings.